The topological polar surface area (TPSA) is 46.4 Å². The summed E-state index contributed by atoms with van der Waals surface area (Å²) in [4.78, 5) is 16.1. The second-order valence-corrected chi connectivity index (χ2v) is 5.99. The van der Waals surface area contributed by atoms with Crippen LogP contribution in [-0.4, -0.2) is 21.8 Å². The average Bonchev–Trinajstić information content (AvgIpc) is 3.02. The molecule has 0 saturated heterocycles. The van der Waals surface area contributed by atoms with E-state index in [1.807, 2.05) is 0 Å². The molecule has 0 fully saturated rings. The summed E-state index contributed by atoms with van der Waals surface area (Å²) < 4.78 is 77.0. The Morgan fingerprint density at radius 1 is 0.893 bits per heavy atom. The molecule has 0 aliphatic heterocycles. The van der Waals surface area contributed by atoms with E-state index in [0.29, 0.717) is 11.3 Å². The highest BCUT2D eigenvalue weighted by molar-refractivity contribution is 5.94. The lowest BCUT2D eigenvalue weighted by atomic mass is 10.1. The van der Waals surface area contributed by atoms with Gasteiger partial charge in [-0.3, -0.25) is 4.79 Å². The maximum atomic E-state index is 12.7. The summed E-state index contributed by atoms with van der Waals surface area (Å²) in [5.41, 5.74) is -0.798. The molecule has 0 spiro atoms. The van der Waals surface area contributed by atoms with Crippen LogP contribution in [0.1, 0.15) is 27.2 Å². The fourth-order valence-electron chi connectivity index (χ4n) is 2.55. The van der Waals surface area contributed by atoms with Crippen molar-refractivity contribution in [2.45, 2.75) is 18.8 Å². The van der Waals surface area contributed by atoms with E-state index in [4.69, 9.17) is 0 Å². The van der Waals surface area contributed by atoms with Crippen LogP contribution in [0.3, 0.4) is 0 Å². The van der Waals surface area contributed by atoms with E-state index in [1.165, 1.54) is 16.7 Å². The highest BCUT2D eigenvalue weighted by Gasteiger charge is 2.31. The van der Waals surface area contributed by atoms with Crippen LogP contribution in [0.5, 0.6) is 0 Å². The lowest BCUT2D eigenvalue weighted by molar-refractivity contribution is -0.138. The summed E-state index contributed by atoms with van der Waals surface area (Å²) >= 11 is 0. The molecule has 3 rings (SSSR count). The minimum absolute atomic E-state index is 0.0674. The van der Waals surface area contributed by atoms with Crippen LogP contribution in [-0.2, 0) is 18.8 Å². The molecule has 3 aromatic rings. The zero-order chi connectivity index (χ0) is 20.5. The third kappa shape index (κ3) is 4.44. The van der Waals surface area contributed by atoms with Crippen molar-refractivity contribution in [1.82, 2.24) is 14.7 Å². The minimum atomic E-state index is -4.48. The van der Waals surface area contributed by atoms with Crippen LogP contribution >= 0.6 is 0 Å². The number of nitrogens with zero attached hydrogens (tertiary/aromatic N) is 2. The number of aromatic nitrogens is 2. The fourth-order valence-corrected chi connectivity index (χ4v) is 2.55. The highest BCUT2D eigenvalue weighted by atomic mass is 19.4. The van der Waals surface area contributed by atoms with Crippen molar-refractivity contribution < 1.29 is 31.1 Å². The summed E-state index contributed by atoms with van der Waals surface area (Å²) in [6.45, 7) is 0.121. The smallest absolute Gasteiger partial charge is 0.352 e. The number of nitrogens with one attached hydrogen (secondary N) is 1. The summed E-state index contributed by atoms with van der Waals surface area (Å²) in [5, 5.41) is 2.54. The third-order valence-corrected chi connectivity index (χ3v) is 3.97. The molecule has 0 aliphatic carbocycles. The number of hydrogen-bond donors (Lipinski definition) is 1. The molecule has 2 aromatic heterocycles. The predicted octanol–water partition coefficient (Wildman–Crippen LogP) is 4.34. The number of carbonyl (C=O) groups excluding carboxylic acids is 1. The van der Waals surface area contributed by atoms with E-state index < -0.39 is 29.4 Å². The van der Waals surface area contributed by atoms with Gasteiger partial charge in [0.2, 0.25) is 0 Å². The molecule has 2 heterocycles. The summed E-state index contributed by atoms with van der Waals surface area (Å²) in [6, 6.07) is 5.94. The normalized spacial score (nSPS) is 12.4. The first-order valence-corrected chi connectivity index (χ1v) is 8.04. The maximum absolute atomic E-state index is 12.7. The Bertz CT molecular complexity index is 989. The van der Waals surface area contributed by atoms with Gasteiger partial charge in [0.25, 0.3) is 5.91 Å². The van der Waals surface area contributed by atoms with Gasteiger partial charge in [0.15, 0.2) is 0 Å². The minimum Gasteiger partial charge on any atom is -0.352 e. The second kappa shape index (κ2) is 7.17. The first-order valence-electron chi connectivity index (χ1n) is 8.04. The van der Waals surface area contributed by atoms with Crippen molar-refractivity contribution in [3.8, 4) is 0 Å². The Balaban J connectivity index is 1.60. The number of amides is 1. The molecule has 4 nitrogen and oxygen atoms in total. The highest BCUT2D eigenvalue weighted by Crippen LogP contribution is 2.30. The van der Waals surface area contributed by atoms with Crippen molar-refractivity contribution in [1.29, 1.82) is 0 Å². The van der Waals surface area contributed by atoms with Gasteiger partial charge in [-0.2, -0.15) is 26.3 Å². The van der Waals surface area contributed by atoms with Crippen LogP contribution in [0.25, 0.3) is 5.65 Å². The summed E-state index contributed by atoms with van der Waals surface area (Å²) in [6.07, 6.45) is -6.35. The van der Waals surface area contributed by atoms with Crippen molar-refractivity contribution in [2.24, 2.45) is 0 Å². The van der Waals surface area contributed by atoms with E-state index in [-0.39, 0.29) is 18.5 Å². The van der Waals surface area contributed by atoms with Crippen LogP contribution in [0, 0.1) is 0 Å². The molecule has 0 saturated carbocycles. The molecule has 28 heavy (non-hydrogen) atoms. The van der Waals surface area contributed by atoms with Crippen LogP contribution in [0.15, 0.2) is 48.8 Å². The number of benzene rings is 1. The standard InChI is InChI=1S/C18H13F6N3O/c19-17(20,21)12-3-1-11(2-4-12)16(28)25-8-7-14-10-27-9-13(18(22,23)24)5-6-15(27)26-14/h1-6,9-10H,7-8H2,(H,25,28). The quantitative estimate of drug-likeness (QED) is 0.661. The van der Waals surface area contributed by atoms with Crippen LogP contribution in [0.2, 0.25) is 0 Å². The van der Waals surface area contributed by atoms with Crippen LogP contribution < -0.4 is 5.32 Å². The third-order valence-electron chi connectivity index (χ3n) is 3.97. The lowest BCUT2D eigenvalue weighted by Gasteiger charge is -2.08. The van der Waals surface area contributed by atoms with Crippen LogP contribution in [0.4, 0.5) is 26.3 Å². The van der Waals surface area contributed by atoms with Gasteiger partial charge in [-0.1, -0.05) is 0 Å². The monoisotopic (exact) mass is 401 g/mol. The van der Waals surface area contributed by atoms with Crippen molar-refractivity contribution in [3.63, 3.8) is 0 Å². The molecule has 1 aromatic carbocycles. The zero-order valence-corrected chi connectivity index (χ0v) is 14.1. The second-order valence-electron chi connectivity index (χ2n) is 5.99. The van der Waals surface area contributed by atoms with E-state index in [2.05, 4.69) is 10.3 Å². The van der Waals surface area contributed by atoms with Crippen molar-refractivity contribution in [2.75, 3.05) is 6.54 Å². The molecule has 0 atom stereocenters. The summed E-state index contributed by atoms with van der Waals surface area (Å²) in [5.74, 6) is -0.558. The Morgan fingerprint density at radius 3 is 2.11 bits per heavy atom. The van der Waals surface area contributed by atoms with E-state index in [9.17, 15) is 31.1 Å². The van der Waals surface area contributed by atoms with Gasteiger partial charge in [-0.25, -0.2) is 4.98 Å². The Labute approximate surface area is 154 Å². The van der Waals surface area contributed by atoms with Crippen molar-refractivity contribution in [3.05, 3.63) is 71.2 Å². The molecule has 0 unspecified atom stereocenters. The number of imidazole rings is 1. The van der Waals surface area contributed by atoms with Gasteiger partial charge in [0.1, 0.15) is 5.65 Å². The summed E-state index contributed by atoms with van der Waals surface area (Å²) in [7, 11) is 0. The van der Waals surface area contributed by atoms with Gasteiger partial charge in [0.05, 0.1) is 16.8 Å². The van der Waals surface area contributed by atoms with E-state index >= 15 is 0 Å². The Hall–Kier alpha value is -3.04. The van der Waals surface area contributed by atoms with Gasteiger partial charge in [-0.15, -0.1) is 0 Å². The van der Waals surface area contributed by atoms with E-state index in [0.717, 1.165) is 36.5 Å². The number of hydrogen-bond acceptors (Lipinski definition) is 2. The number of carbonyl (C=O) groups is 1. The predicted molar refractivity (Wildman–Crippen MR) is 87.7 cm³/mol. The molecule has 148 valence electrons. The molecular formula is C18H13F6N3O. The molecule has 10 heteroatoms. The van der Waals surface area contributed by atoms with Gasteiger partial charge in [-0.05, 0) is 36.4 Å². The number of alkyl halides is 6. The first kappa shape index (κ1) is 19.7. The molecule has 0 aliphatic rings. The van der Waals surface area contributed by atoms with Gasteiger partial charge >= 0.3 is 12.4 Å². The van der Waals surface area contributed by atoms with E-state index in [1.54, 1.807) is 0 Å². The lowest BCUT2D eigenvalue weighted by Crippen LogP contribution is -2.25. The number of pyridine rings is 1. The number of halogens is 6. The SMILES string of the molecule is O=C(NCCc1cn2cc(C(F)(F)F)ccc2n1)c1ccc(C(F)(F)F)cc1. The first-order chi connectivity index (χ1) is 13.0. The Kier molecular flexibility index (Phi) is 5.05. The number of rotatable bonds is 4. The maximum Gasteiger partial charge on any atom is 0.417 e. The largest absolute Gasteiger partial charge is 0.417 e. The number of fused-ring (bicyclic) bond motifs is 1. The molecule has 1 amide bonds. The molecule has 1 N–H and O–H groups in total. The fraction of sp³-hybridized carbons (Fsp3) is 0.222. The molecule has 0 radical (unpaired) electrons. The molecular weight excluding hydrogens is 388 g/mol. The average molecular weight is 401 g/mol. The molecule has 0 bridgehead atoms. The van der Waals surface area contributed by atoms with Gasteiger partial charge < -0.3 is 9.72 Å². The van der Waals surface area contributed by atoms with Gasteiger partial charge in [0, 0.05) is 30.9 Å². The van der Waals surface area contributed by atoms with Crippen molar-refractivity contribution >= 4 is 11.6 Å². The Morgan fingerprint density at radius 2 is 1.50 bits per heavy atom. The zero-order valence-electron chi connectivity index (χ0n) is 14.1.